The zero-order chi connectivity index (χ0) is 22.6. The largest absolute Gasteiger partial charge is 0.493 e. The molecule has 0 radical (unpaired) electrons. The minimum atomic E-state index is 0. The summed E-state index contributed by atoms with van der Waals surface area (Å²) < 4.78 is 16.3. The van der Waals surface area contributed by atoms with E-state index in [1.807, 2.05) is 12.1 Å². The molecule has 1 unspecified atom stereocenters. The Labute approximate surface area is 214 Å². The molecule has 2 aromatic rings. The molecule has 1 aliphatic rings. The Morgan fingerprint density at radius 2 is 1.76 bits per heavy atom. The van der Waals surface area contributed by atoms with E-state index in [-0.39, 0.29) is 30.0 Å². The number of morpholine rings is 1. The van der Waals surface area contributed by atoms with Crippen LogP contribution >= 0.6 is 24.0 Å². The average Bonchev–Trinajstić information content (AvgIpc) is 2.85. The number of guanidine groups is 1. The van der Waals surface area contributed by atoms with Gasteiger partial charge in [-0.3, -0.25) is 9.89 Å². The number of hydrogen-bond acceptors (Lipinski definition) is 5. The second-order valence-electron chi connectivity index (χ2n) is 7.66. The quantitative estimate of drug-likeness (QED) is 0.260. The van der Waals surface area contributed by atoms with Crippen LogP contribution in [-0.4, -0.2) is 71.0 Å². The van der Waals surface area contributed by atoms with Gasteiger partial charge in [0.05, 0.1) is 40.0 Å². The topological polar surface area (TPSA) is 67.4 Å². The molecule has 2 N–H and O–H groups in total. The van der Waals surface area contributed by atoms with Gasteiger partial charge in [-0.05, 0) is 36.6 Å². The molecular formula is C25H37IN4O3. The number of nitrogens with one attached hydrogen (secondary N) is 2. The van der Waals surface area contributed by atoms with Crippen molar-refractivity contribution in [1.82, 2.24) is 15.5 Å². The number of halogens is 1. The van der Waals surface area contributed by atoms with Crippen molar-refractivity contribution in [1.29, 1.82) is 0 Å². The lowest BCUT2D eigenvalue weighted by molar-refractivity contribution is 0.0180. The highest BCUT2D eigenvalue weighted by Gasteiger charge is 2.22. The van der Waals surface area contributed by atoms with E-state index in [1.165, 1.54) is 11.1 Å². The zero-order valence-corrected chi connectivity index (χ0v) is 22.2. The lowest BCUT2D eigenvalue weighted by atomic mass is 10.1. The first-order valence-corrected chi connectivity index (χ1v) is 11.3. The fourth-order valence-corrected chi connectivity index (χ4v) is 3.88. The van der Waals surface area contributed by atoms with E-state index in [9.17, 15) is 0 Å². The molecule has 1 saturated heterocycles. The van der Waals surface area contributed by atoms with Gasteiger partial charge in [-0.25, -0.2) is 0 Å². The van der Waals surface area contributed by atoms with Gasteiger partial charge in [0.2, 0.25) is 0 Å². The summed E-state index contributed by atoms with van der Waals surface area (Å²) in [6, 6.07) is 16.9. The van der Waals surface area contributed by atoms with Crippen LogP contribution in [-0.2, 0) is 11.2 Å². The van der Waals surface area contributed by atoms with E-state index in [0.29, 0.717) is 6.54 Å². The number of nitrogens with zero attached hydrogens (tertiary/aromatic N) is 2. The smallest absolute Gasteiger partial charge is 0.191 e. The SMILES string of the molecule is CCNC(=NCC(c1ccccc1)N1CCOCC1)NCCc1ccc(OC)c(OC)c1.I. The van der Waals surface area contributed by atoms with Crippen LogP contribution in [0.15, 0.2) is 53.5 Å². The third-order valence-electron chi connectivity index (χ3n) is 5.59. The number of hydrogen-bond donors (Lipinski definition) is 2. The van der Waals surface area contributed by atoms with Gasteiger partial charge in [0.15, 0.2) is 17.5 Å². The summed E-state index contributed by atoms with van der Waals surface area (Å²) in [5.74, 6) is 2.33. The minimum Gasteiger partial charge on any atom is -0.493 e. The van der Waals surface area contributed by atoms with Gasteiger partial charge in [-0.2, -0.15) is 0 Å². The third kappa shape index (κ3) is 8.35. The Morgan fingerprint density at radius 1 is 1.03 bits per heavy atom. The van der Waals surface area contributed by atoms with E-state index in [0.717, 1.165) is 63.3 Å². The Kier molecular flexibility index (Phi) is 12.3. The highest BCUT2D eigenvalue weighted by molar-refractivity contribution is 14.0. The van der Waals surface area contributed by atoms with Gasteiger partial charge in [0.1, 0.15) is 0 Å². The molecule has 1 atom stereocenters. The summed E-state index contributed by atoms with van der Waals surface area (Å²) in [7, 11) is 3.31. The first-order chi connectivity index (χ1) is 15.7. The molecule has 0 amide bonds. The fourth-order valence-electron chi connectivity index (χ4n) is 3.88. The summed E-state index contributed by atoms with van der Waals surface area (Å²) >= 11 is 0. The van der Waals surface area contributed by atoms with E-state index >= 15 is 0 Å². The van der Waals surface area contributed by atoms with E-state index in [2.05, 4.69) is 58.9 Å². The number of ether oxygens (including phenoxy) is 3. The van der Waals surface area contributed by atoms with Crippen LogP contribution in [0.2, 0.25) is 0 Å². The molecule has 0 spiro atoms. The lowest BCUT2D eigenvalue weighted by Crippen LogP contribution is -2.42. The highest BCUT2D eigenvalue weighted by Crippen LogP contribution is 2.27. The Bertz CT molecular complexity index is 845. The predicted octanol–water partition coefficient (Wildman–Crippen LogP) is 3.49. The van der Waals surface area contributed by atoms with E-state index in [4.69, 9.17) is 19.2 Å². The molecule has 8 heteroatoms. The Morgan fingerprint density at radius 3 is 2.42 bits per heavy atom. The van der Waals surface area contributed by atoms with Crippen molar-refractivity contribution >= 4 is 29.9 Å². The normalized spacial score (nSPS) is 15.3. The molecule has 0 aliphatic carbocycles. The molecule has 182 valence electrons. The molecule has 0 bridgehead atoms. The van der Waals surface area contributed by atoms with Crippen LogP contribution in [0.25, 0.3) is 0 Å². The van der Waals surface area contributed by atoms with E-state index < -0.39 is 0 Å². The van der Waals surface area contributed by atoms with Crippen LogP contribution in [0.1, 0.15) is 24.1 Å². The first-order valence-electron chi connectivity index (χ1n) is 11.3. The summed E-state index contributed by atoms with van der Waals surface area (Å²) in [6.45, 7) is 7.77. The average molecular weight is 569 g/mol. The Hall–Kier alpha value is -2.04. The number of aliphatic imine (C=N–C) groups is 1. The van der Waals surface area contributed by atoms with Gasteiger partial charge < -0.3 is 24.8 Å². The number of rotatable bonds is 10. The van der Waals surface area contributed by atoms with Crippen molar-refractivity contribution in [3.63, 3.8) is 0 Å². The predicted molar refractivity (Wildman–Crippen MR) is 144 cm³/mol. The molecule has 1 aliphatic heterocycles. The van der Waals surface area contributed by atoms with Crippen molar-refractivity contribution in [3.05, 3.63) is 59.7 Å². The molecule has 33 heavy (non-hydrogen) atoms. The molecule has 0 aromatic heterocycles. The molecule has 1 heterocycles. The monoisotopic (exact) mass is 568 g/mol. The molecule has 3 rings (SSSR count). The zero-order valence-electron chi connectivity index (χ0n) is 19.9. The summed E-state index contributed by atoms with van der Waals surface area (Å²) in [5, 5.41) is 6.84. The maximum Gasteiger partial charge on any atom is 0.191 e. The molecule has 2 aromatic carbocycles. The summed E-state index contributed by atoms with van der Waals surface area (Å²) in [6.07, 6.45) is 0.857. The second-order valence-corrected chi connectivity index (χ2v) is 7.66. The van der Waals surface area contributed by atoms with Crippen LogP contribution in [0.4, 0.5) is 0 Å². The molecular weight excluding hydrogens is 531 g/mol. The third-order valence-corrected chi connectivity index (χ3v) is 5.59. The number of benzene rings is 2. The van der Waals surface area contributed by atoms with Crippen LogP contribution in [0.5, 0.6) is 11.5 Å². The molecule has 1 fully saturated rings. The van der Waals surface area contributed by atoms with Crippen molar-refractivity contribution < 1.29 is 14.2 Å². The van der Waals surface area contributed by atoms with Crippen LogP contribution < -0.4 is 20.1 Å². The van der Waals surface area contributed by atoms with E-state index in [1.54, 1.807) is 14.2 Å². The summed E-state index contributed by atoms with van der Waals surface area (Å²) in [4.78, 5) is 7.39. The highest BCUT2D eigenvalue weighted by atomic mass is 127. The van der Waals surface area contributed by atoms with Crippen molar-refractivity contribution in [2.24, 2.45) is 4.99 Å². The van der Waals surface area contributed by atoms with Crippen molar-refractivity contribution in [3.8, 4) is 11.5 Å². The Balaban J connectivity index is 0.00000385. The minimum absolute atomic E-state index is 0. The number of methoxy groups -OCH3 is 2. The second kappa shape index (κ2) is 15.0. The van der Waals surface area contributed by atoms with Crippen LogP contribution in [0, 0.1) is 0 Å². The van der Waals surface area contributed by atoms with Crippen molar-refractivity contribution in [2.45, 2.75) is 19.4 Å². The fraction of sp³-hybridized carbons (Fsp3) is 0.480. The molecule has 0 saturated carbocycles. The van der Waals surface area contributed by atoms with Gasteiger partial charge >= 0.3 is 0 Å². The molecule has 7 nitrogen and oxygen atoms in total. The lowest BCUT2D eigenvalue weighted by Gasteiger charge is -2.34. The van der Waals surface area contributed by atoms with Gasteiger partial charge in [0.25, 0.3) is 0 Å². The van der Waals surface area contributed by atoms with Gasteiger partial charge in [-0.1, -0.05) is 36.4 Å². The van der Waals surface area contributed by atoms with Crippen LogP contribution in [0.3, 0.4) is 0 Å². The first kappa shape index (κ1) is 27.2. The van der Waals surface area contributed by atoms with Gasteiger partial charge in [0, 0.05) is 26.2 Å². The summed E-state index contributed by atoms with van der Waals surface area (Å²) in [5.41, 5.74) is 2.47. The van der Waals surface area contributed by atoms with Gasteiger partial charge in [-0.15, -0.1) is 24.0 Å². The maximum absolute atomic E-state index is 5.56. The van der Waals surface area contributed by atoms with Crippen molar-refractivity contribution in [2.75, 3.05) is 60.2 Å². The maximum atomic E-state index is 5.56. The standard InChI is InChI=1S/C25H36N4O3.HI/c1-4-26-25(27-13-12-20-10-11-23(30-2)24(18-20)31-3)28-19-22(21-8-6-5-7-9-21)29-14-16-32-17-15-29;/h5-11,18,22H,4,12-17,19H2,1-3H3,(H2,26,27,28);1H.